The molecule has 2 rings (SSSR count). The summed E-state index contributed by atoms with van der Waals surface area (Å²) >= 11 is 1.73. The number of hydrogen-bond acceptors (Lipinski definition) is 4. The summed E-state index contributed by atoms with van der Waals surface area (Å²) in [5.74, 6) is 0.673. The van der Waals surface area contributed by atoms with Crippen LogP contribution in [0, 0.1) is 0 Å². The maximum atomic E-state index is 5.23. The van der Waals surface area contributed by atoms with E-state index < -0.39 is 0 Å². The van der Waals surface area contributed by atoms with Crippen molar-refractivity contribution in [3.05, 3.63) is 48.2 Å². The van der Waals surface area contributed by atoms with E-state index in [2.05, 4.69) is 28.7 Å². The molecule has 0 aliphatic carbocycles. The largest absolute Gasteiger partial charge is 0.481 e. The number of thioether (sulfide) groups is 1. The molecule has 0 saturated heterocycles. The van der Waals surface area contributed by atoms with Crippen LogP contribution in [0.5, 0.6) is 5.88 Å². The van der Waals surface area contributed by atoms with E-state index in [0.717, 1.165) is 11.3 Å². The number of benzene rings is 1. The van der Waals surface area contributed by atoms with Gasteiger partial charge in [-0.15, -0.1) is 11.8 Å². The van der Waals surface area contributed by atoms with Crippen LogP contribution in [-0.4, -0.2) is 18.3 Å². The Morgan fingerprint density at radius 2 is 2.06 bits per heavy atom. The number of pyridine rings is 1. The van der Waals surface area contributed by atoms with Gasteiger partial charge in [0.2, 0.25) is 5.88 Å². The van der Waals surface area contributed by atoms with Gasteiger partial charge in [0, 0.05) is 28.9 Å². The van der Waals surface area contributed by atoms with Crippen LogP contribution in [0.2, 0.25) is 0 Å². The van der Waals surface area contributed by atoms with Crippen LogP contribution in [-0.2, 0) is 6.54 Å². The fourth-order valence-corrected chi connectivity index (χ4v) is 2.30. The number of nitrogens with zero attached hydrogens (tertiary/aromatic N) is 1. The summed E-state index contributed by atoms with van der Waals surface area (Å²) < 4.78 is 5.23. The minimum atomic E-state index is 0.673. The number of para-hydroxylation sites is 1. The molecule has 0 saturated carbocycles. The molecule has 0 spiro atoms. The number of ether oxygens (including phenoxy) is 1. The van der Waals surface area contributed by atoms with Crippen molar-refractivity contribution in [3.8, 4) is 5.88 Å². The van der Waals surface area contributed by atoms with Gasteiger partial charge in [0.25, 0.3) is 0 Å². The van der Waals surface area contributed by atoms with E-state index in [1.54, 1.807) is 25.1 Å². The van der Waals surface area contributed by atoms with Crippen molar-refractivity contribution in [2.24, 2.45) is 0 Å². The van der Waals surface area contributed by atoms with Crippen molar-refractivity contribution in [3.63, 3.8) is 0 Å². The summed E-state index contributed by atoms with van der Waals surface area (Å²) in [7, 11) is 1.64. The van der Waals surface area contributed by atoms with Gasteiger partial charge in [0.05, 0.1) is 7.11 Å². The van der Waals surface area contributed by atoms with Gasteiger partial charge in [-0.25, -0.2) is 4.98 Å². The molecule has 1 aromatic heterocycles. The minimum absolute atomic E-state index is 0.673. The molecule has 94 valence electrons. The van der Waals surface area contributed by atoms with Gasteiger partial charge < -0.3 is 10.1 Å². The van der Waals surface area contributed by atoms with Gasteiger partial charge in [0.1, 0.15) is 0 Å². The van der Waals surface area contributed by atoms with E-state index in [9.17, 15) is 0 Å². The highest BCUT2D eigenvalue weighted by atomic mass is 32.2. The molecule has 0 unspecified atom stereocenters. The Bertz CT molecular complexity index is 469. The van der Waals surface area contributed by atoms with Crippen molar-refractivity contribution >= 4 is 17.4 Å². The van der Waals surface area contributed by atoms with Gasteiger partial charge in [-0.2, -0.15) is 0 Å². The van der Waals surface area contributed by atoms with Gasteiger partial charge in [-0.3, -0.25) is 0 Å². The maximum absolute atomic E-state index is 5.23. The number of anilines is 1. The second-order valence-corrected chi connectivity index (χ2v) is 4.57. The first-order valence-electron chi connectivity index (χ1n) is 5.70. The van der Waals surface area contributed by atoms with E-state index in [-0.39, 0.29) is 0 Å². The minimum Gasteiger partial charge on any atom is -0.481 e. The third-order valence-corrected chi connectivity index (χ3v) is 3.42. The summed E-state index contributed by atoms with van der Waals surface area (Å²) in [6, 6.07) is 12.2. The fraction of sp³-hybridized carbons (Fsp3) is 0.214. The highest BCUT2D eigenvalue weighted by Crippen LogP contribution is 2.25. The lowest BCUT2D eigenvalue weighted by Crippen LogP contribution is -2.03. The predicted molar refractivity (Wildman–Crippen MR) is 76.3 cm³/mol. The first-order valence-corrected chi connectivity index (χ1v) is 6.92. The van der Waals surface area contributed by atoms with Crippen molar-refractivity contribution < 1.29 is 4.74 Å². The third kappa shape index (κ3) is 2.96. The summed E-state index contributed by atoms with van der Waals surface area (Å²) in [5, 5.41) is 3.41. The molecule has 0 amide bonds. The zero-order valence-electron chi connectivity index (χ0n) is 10.5. The molecule has 0 aliphatic rings. The molecule has 0 fully saturated rings. The second-order valence-electron chi connectivity index (χ2n) is 3.73. The van der Waals surface area contributed by atoms with Crippen LogP contribution in [0.25, 0.3) is 0 Å². The third-order valence-electron chi connectivity index (χ3n) is 2.62. The molecule has 0 atom stereocenters. The van der Waals surface area contributed by atoms with E-state index >= 15 is 0 Å². The molecular formula is C14H16N2OS. The van der Waals surface area contributed by atoms with Crippen LogP contribution in [0.4, 0.5) is 5.69 Å². The topological polar surface area (TPSA) is 34.1 Å². The summed E-state index contributed by atoms with van der Waals surface area (Å²) in [6.07, 6.45) is 3.81. The molecule has 0 radical (unpaired) electrons. The Morgan fingerprint density at radius 1 is 1.22 bits per heavy atom. The smallest absolute Gasteiger partial charge is 0.218 e. The molecule has 0 bridgehead atoms. The second kappa shape index (κ2) is 6.31. The molecular weight excluding hydrogens is 244 g/mol. The Kier molecular flexibility index (Phi) is 4.47. The van der Waals surface area contributed by atoms with Crippen LogP contribution in [0.1, 0.15) is 5.56 Å². The monoisotopic (exact) mass is 260 g/mol. The molecule has 0 aliphatic heterocycles. The van der Waals surface area contributed by atoms with Crippen molar-refractivity contribution in [2.45, 2.75) is 11.4 Å². The average molecular weight is 260 g/mol. The highest BCUT2D eigenvalue weighted by molar-refractivity contribution is 7.98. The summed E-state index contributed by atoms with van der Waals surface area (Å²) in [6.45, 7) is 0.703. The zero-order valence-corrected chi connectivity index (χ0v) is 11.3. The Hall–Kier alpha value is -1.68. The molecule has 3 nitrogen and oxygen atoms in total. The van der Waals surface area contributed by atoms with E-state index in [1.165, 1.54) is 4.90 Å². The molecule has 18 heavy (non-hydrogen) atoms. The maximum Gasteiger partial charge on any atom is 0.218 e. The Labute approximate surface area is 112 Å². The molecule has 1 aromatic carbocycles. The number of aromatic nitrogens is 1. The van der Waals surface area contributed by atoms with Crippen LogP contribution in [0.3, 0.4) is 0 Å². The van der Waals surface area contributed by atoms with Crippen LogP contribution < -0.4 is 10.1 Å². The zero-order chi connectivity index (χ0) is 12.8. The van der Waals surface area contributed by atoms with E-state index in [1.807, 2.05) is 24.3 Å². The van der Waals surface area contributed by atoms with Crippen LogP contribution >= 0.6 is 11.8 Å². The quantitative estimate of drug-likeness (QED) is 0.835. The standard InChI is InChI=1S/C14H16N2OS/c1-17-14-11(6-5-9-15-14)10-16-12-7-3-4-8-13(12)18-2/h3-9,16H,10H2,1-2H3. The Balaban J connectivity index is 2.11. The fourth-order valence-electron chi connectivity index (χ4n) is 1.72. The Morgan fingerprint density at radius 3 is 2.83 bits per heavy atom. The van der Waals surface area contributed by atoms with Gasteiger partial charge >= 0.3 is 0 Å². The first kappa shape index (κ1) is 12.8. The normalized spacial score (nSPS) is 10.1. The number of hydrogen-bond donors (Lipinski definition) is 1. The van der Waals surface area contributed by atoms with Crippen LogP contribution in [0.15, 0.2) is 47.5 Å². The number of nitrogens with one attached hydrogen (secondary N) is 1. The van der Waals surface area contributed by atoms with Crippen molar-refractivity contribution in [2.75, 3.05) is 18.7 Å². The van der Waals surface area contributed by atoms with Crippen molar-refractivity contribution in [1.29, 1.82) is 0 Å². The molecule has 1 N–H and O–H groups in total. The van der Waals surface area contributed by atoms with Crippen molar-refractivity contribution in [1.82, 2.24) is 4.98 Å². The van der Waals surface area contributed by atoms with Gasteiger partial charge in [-0.1, -0.05) is 18.2 Å². The van der Waals surface area contributed by atoms with E-state index in [0.29, 0.717) is 12.4 Å². The van der Waals surface area contributed by atoms with Gasteiger partial charge in [0.15, 0.2) is 0 Å². The molecule has 2 aromatic rings. The summed E-state index contributed by atoms with van der Waals surface area (Å²) in [4.78, 5) is 5.42. The number of rotatable bonds is 5. The summed E-state index contributed by atoms with van der Waals surface area (Å²) in [5.41, 5.74) is 2.19. The van der Waals surface area contributed by atoms with Gasteiger partial charge in [-0.05, 0) is 24.5 Å². The highest BCUT2D eigenvalue weighted by Gasteiger charge is 2.04. The number of methoxy groups -OCH3 is 1. The van der Waals surface area contributed by atoms with E-state index in [4.69, 9.17) is 4.74 Å². The molecule has 4 heteroatoms. The lowest BCUT2D eigenvalue weighted by molar-refractivity contribution is 0.393. The SMILES string of the molecule is COc1ncccc1CNc1ccccc1SC. The average Bonchev–Trinajstić information content (AvgIpc) is 2.45. The lowest BCUT2D eigenvalue weighted by atomic mass is 10.2. The predicted octanol–water partition coefficient (Wildman–Crippen LogP) is 3.42. The first-order chi connectivity index (χ1) is 8.85. The lowest BCUT2D eigenvalue weighted by Gasteiger charge is -2.11. The molecule has 1 heterocycles.